The molecule has 3 N–H and O–H groups in total. The SMILES string of the molecule is CCC(CCN)CCC(=O)Nc1ccc(Br)nc1. The van der Waals surface area contributed by atoms with E-state index in [2.05, 4.69) is 33.2 Å². The number of amides is 1. The van der Waals surface area contributed by atoms with Crippen LogP contribution in [0.1, 0.15) is 32.6 Å². The molecule has 18 heavy (non-hydrogen) atoms. The lowest BCUT2D eigenvalue weighted by Crippen LogP contribution is -2.15. The molecule has 1 amide bonds. The molecule has 0 saturated carbocycles. The average Bonchev–Trinajstić information content (AvgIpc) is 2.37. The minimum absolute atomic E-state index is 0.0367. The van der Waals surface area contributed by atoms with Crippen molar-refractivity contribution in [3.63, 3.8) is 0 Å². The fourth-order valence-electron chi connectivity index (χ4n) is 1.80. The molecule has 1 atom stereocenters. The lowest BCUT2D eigenvalue weighted by atomic mass is 9.96. The molecule has 0 aliphatic carbocycles. The van der Waals surface area contributed by atoms with Gasteiger partial charge in [0.2, 0.25) is 5.91 Å². The molecule has 0 radical (unpaired) electrons. The number of carbonyl (C=O) groups is 1. The summed E-state index contributed by atoms with van der Waals surface area (Å²) in [6.45, 7) is 2.83. The Balaban J connectivity index is 2.35. The molecule has 1 rings (SSSR count). The molecule has 0 aromatic carbocycles. The Labute approximate surface area is 116 Å². The van der Waals surface area contributed by atoms with Crippen molar-refractivity contribution < 1.29 is 4.79 Å². The predicted molar refractivity (Wildman–Crippen MR) is 77.3 cm³/mol. The molecule has 5 heteroatoms. The third kappa shape index (κ3) is 5.60. The van der Waals surface area contributed by atoms with Crippen LogP contribution in [0.5, 0.6) is 0 Å². The Bertz CT molecular complexity index is 367. The maximum atomic E-state index is 11.7. The number of aromatic nitrogens is 1. The van der Waals surface area contributed by atoms with Crippen LogP contribution in [-0.2, 0) is 4.79 Å². The van der Waals surface area contributed by atoms with Crippen LogP contribution in [0.25, 0.3) is 0 Å². The molecule has 1 aromatic heterocycles. The van der Waals surface area contributed by atoms with Gasteiger partial charge in [-0.05, 0) is 53.4 Å². The van der Waals surface area contributed by atoms with Gasteiger partial charge in [-0.3, -0.25) is 4.79 Å². The zero-order chi connectivity index (χ0) is 13.4. The van der Waals surface area contributed by atoms with E-state index in [1.165, 1.54) is 0 Å². The van der Waals surface area contributed by atoms with E-state index in [1.54, 1.807) is 12.3 Å². The van der Waals surface area contributed by atoms with Crippen LogP contribution in [0.3, 0.4) is 0 Å². The molecule has 0 bridgehead atoms. The fourth-order valence-corrected chi connectivity index (χ4v) is 2.03. The van der Waals surface area contributed by atoms with E-state index in [9.17, 15) is 4.79 Å². The third-order valence-electron chi connectivity index (χ3n) is 2.94. The molecule has 4 nitrogen and oxygen atoms in total. The van der Waals surface area contributed by atoms with Gasteiger partial charge in [-0.15, -0.1) is 0 Å². The Kier molecular flexibility index (Phi) is 6.90. The normalized spacial score (nSPS) is 12.2. The number of nitrogens with zero attached hydrogens (tertiary/aromatic N) is 1. The summed E-state index contributed by atoms with van der Waals surface area (Å²) < 4.78 is 0.759. The molecule has 0 fully saturated rings. The largest absolute Gasteiger partial charge is 0.330 e. The minimum atomic E-state index is 0.0367. The topological polar surface area (TPSA) is 68.0 Å². The second-order valence-corrected chi connectivity index (χ2v) is 5.12. The van der Waals surface area contributed by atoms with Crippen molar-refractivity contribution in [1.82, 2.24) is 4.98 Å². The van der Waals surface area contributed by atoms with Crippen molar-refractivity contribution >= 4 is 27.5 Å². The van der Waals surface area contributed by atoms with Gasteiger partial charge in [-0.25, -0.2) is 4.98 Å². The highest BCUT2D eigenvalue weighted by Crippen LogP contribution is 2.16. The number of rotatable bonds is 7. The van der Waals surface area contributed by atoms with Crippen molar-refractivity contribution in [2.45, 2.75) is 32.6 Å². The molecule has 1 unspecified atom stereocenters. The second-order valence-electron chi connectivity index (χ2n) is 4.31. The first-order chi connectivity index (χ1) is 8.65. The van der Waals surface area contributed by atoms with Gasteiger partial charge in [0, 0.05) is 6.42 Å². The van der Waals surface area contributed by atoms with Crippen LogP contribution >= 0.6 is 15.9 Å². The van der Waals surface area contributed by atoms with E-state index in [1.807, 2.05) is 6.07 Å². The summed E-state index contributed by atoms with van der Waals surface area (Å²) in [4.78, 5) is 15.8. The average molecular weight is 314 g/mol. The first-order valence-corrected chi connectivity index (χ1v) is 7.06. The molecule has 1 heterocycles. The Morgan fingerprint density at radius 1 is 1.50 bits per heavy atom. The molecule has 0 saturated heterocycles. The maximum absolute atomic E-state index is 11.7. The summed E-state index contributed by atoms with van der Waals surface area (Å²) in [6, 6.07) is 3.63. The predicted octanol–water partition coefficient (Wildman–Crippen LogP) is 2.94. The third-order valence-corrected chi connectivity index (χ3v) is 3.41. The second kappa shape index (κ2) is 8.21. The fraction of sp³-hybridized carbons (Fsp3) is 0.538. The zero-order valence-electron chi connectivity index (χ0n) is 10.7. The number of nitrogens with two attached hydrogens (primary N) is 1. The van der Waals surface area contributed by atoms with Gasteiger partial charge >= 0.3 is 0 Å². The Morgan fingerprint density at radius 2 is 2.28 bits per heavy atom. The minimum Gasteiger partial charge on any atom is -0.330 e. The van der Waals surface area contributed by atoms with Gasteiger partial charge in [-0.2, -0.15) is 0 Å². The van der Waals surface area contributed by atoms with E-state index in [0.717, 1.165) is 29.6 Å². The van der Waals surface area contributed by atoms with Crippen LogP contribution in [0.2, 0.25) is 0 Å². The van der Waals surface area contributed by atoms with Crippen LogP contribution in [-0.4, -0.2) is 17.4 Å². The molecule has 0 spiro atoms. The first kappa shape index (κ1) is 15.1. The van der Waals surface area contributed by atoms with Gasteiger partial charge in [0.1, 0.15) is 4.60 Å². The van der Waals surface area contributed by atoms with E-state index < -0.39 is 0 Å². The standard InChI is InChI=1S/C13H20BrN3O/c1-2-10(7-8-15)3-6-13(18)17-11-4-5-12(14)16-9-11/h4-5,9-10H,2-3,6-8,15H2,1H3,(H,17,18). The van der Waals surface area contributed by atoms with E-state index in [0.29, 0.717) is 18.9 Å². The van der Waals surface area contributed by atoms with Crippen LogP contribution in [0.4, 0.5) is 5.69 Å². The van der Waals surface area contributed by atoms with Crippen molar-refractivity contribution in [3.8, 4) is 0 Å². The summed E-state index contributed by atoms with van der Waals surface area (Å²) in [6.07, 6.45) is 5.13. The van der Waals surface area contributed by atoms with E-state index in [4.69, 9.17) is 5.73 Å². The van der Waals surface area contributed by atoms with Crippen LogP contribution in [0.15, 0.2) is 22.9 Å². The highest BCUT2D eigenvalue weighted by molar-refractivity contribution is 9.10. The number of pyridine rings is 1. The summed E-state index contributed by atoms with van der Waals surface area (Å²) in [5.41, 5.74) is 6.27. The number of hydrogen-bond donors (Lipinski definition) is 2. The van der Waals surface area contributed by atoms with Crippen LogP contribution in [0, 0.1) is 5.92 Å². The van der Waals surface area contributed by atoms with E-state index >= 15 is 0 Å². The molecular formula is C13H20BrN3O. The van der Waals surface area contributed by atoms with Crippen LogP contribution < -0.4 is 11.1 Å². The molecule has 100 valence electrons. The quantitative estimate of drug-likeness (QED) is 0.760. The molecule has 0 aliphatic heterocycles. The number of halogens is 1. The molecule has 0 aliphatic rings. The summed E-state index contributed by atoms with van der Waals surface area (Å²) in [5, 5.41) is 2.84. The molecule has 1 aromatic rings. The number of carbonyl (C=O) groups excluding carboxylic acids is 1. The van der Waals surface area contributed by atoms with Gasteiger partial charge < -0.3 is 11.1 Å². The Morgan fingerprint density at radius 3 is 2.83 bits per heavy atom. The maximum Gasteiger partial charge on any atom is 0.224 e. The lowest BCUT2D eigenvalue weighted by Gasteiger charge is -2.13. The summed E-state index contributed by atoms with van der Waals surface area (Å²) in [5.74, 6) is 0.582. The number of hydrogen-bond acceptors (Lipinski definition) is 3. The number of nitrogens with one attached hydrogen (secondary N) is 1. The van der Waals surface area contributed by atoms with Gasteiger partial charge in [0.15, 0.2) is 0 Å². The highest BCUT2D eigenvalue weighted by atomic mass is 79.9. The highest BCUT2D eigenvalue weighted by Gasteiger charge is 2.09. The van der Waals surface area contributed by atoms with Crippen molar-refractivity contribution in [3.05, 3.63) is 22.9 Å². The zero-order valence-corrected chi connectivity index (χ0v) is 12.2. The van der Waals surface area contributed by atoms with Gasteiger partial charge in [-0.1, -0.05) is 13.3 Å². The Hall–Kier alpha value is -0.940. The van der Waals surface area contributed by atoms with Gasteiger partial charge in [0.05, 0.1) is 11.9 Å². The number of anilines is 1. The lowest BCUT2D eigenvalue weighted by molar-refractivity contribution is -0.116. The van der Waals surface area contributed by atoms with E-state index in [-0.39, 0.29) is 5.91 Å². The van der Waals surface area contributed by atoms with Crippen molar-refractivity contribution in [2.75, 3.05) is 11.9 Å². The summed E-state index contributed by atoms with van der Waals surface area (Å²) in [7, 11) is 0. The first-order valence-electron chi connectivity index (χ1n) is 6.27. The van der Waals surface area contributed by atoms with Gasteiger partial charge in [0.25, 0.3) is 0 Å². The monoisotopic (exact) mass is 313 g/mol. The summed E-state index contributed by atoms with van der Waals surface area (Å²) >= 11 is 3.25. The van der Waals surface area contributed by atoms with Crippen molar-refractivity contribution in [1.29, 1.82) is 0 Å². The smallest absolute Gasteiger partial charge is 0.224 e. The molecular weight excluding hydrogens is 294 g/mol. The van der Waals surface area contributed by atoms with Crippen molar-refractivity contribution in [2.24, 2.45) is 11.7 Å².